The molecule has 0 aliphatic heterocycles. The molecule has 0 aliphatic rings. The van der Waals surface area contributed by atoms with Gasteiger partial charge in [0, 0.05) is 11.0 Å². The second kappa shape index (κ2) is 9.65. The number of hydrogen-bond donors (Lipinski definition) is 0. The lowest BCUT2D eigenvalue weighted by Crippen LogP contribution is -2.23. The van der Waals surface area contributed by atoms with Crippen molar-refractivity contribution in [1.82, 2.24) is 0 Å². The fourth-order valence-corrected chi connectivity index (χ4v) is 3.60. The van der Waals surface area contributed by atoms with Crippen LogP contribution in [0.1, 0.15) is 84.9 Å². The van der Waals surface area contributed by atoms with Gasteiger partial charge in [-0.3, -0.25) is 0 Å². The minimum Gasteiger partial charge on any atom is -0.457 e. The molecule has 0 atom stereocenters. The van der Waals surface area contributed by atoms with E-state index in [4.69, 9.17) is 13.9 Å². The molecule has 5 heteroatoms. The summed E-state index contributed by atoms with van der Waals surface area (Å²) in [4.78, 5) is 26.4. The summed E-state index contributed by atoms with van der Waals surface area (Å²) in [5.41, 5.74) is 1.47. The Hall–Kier alpha value is -3.34. The van der Waals surface area contributed by atoms with E-state index in [0.717, 1.165) is 11.1 Å². The predicted octanol–water partition coefficient (Wildman–Crippen LogP) is 6.59. The highest BCUT2D eigenvalue weighted by molar-refractivity contribution is 5.98. The molecule has 0 N–H and O–H groups in total. The minimum absolute atomic E-state index is 0.0509. The van der Waals surface area contributed by atoms with Gasteiger partial charge in [-0.25, -0.2) is 9.59 Å². The van der Waals surface area contributed by atoms with Gasteiger partial charge in [0.25, 0.3) is 0 Å². The lowest BCUT2D eigenvalue weighted by molar-refractivity contribution is 0.0427. The first kappa shape index (κ1) is 24.3. The van der Waals surface area contributed by atoms with Crippen LogP contribution in [0.5, 0.6) is 0 Å². The number of furan rings is 1. The molecule has 174 valence electrons. The number of carbonyl (C=O) groups excluding carboxylic acids is 2. The molecule has 0 amide bonds. The highest BCUT2D eigenvalue weighted by Gasteiger charge is 2.40. The topological polar surface area (TPSA) is 65.7 Å². The first-order chi connectivity index (χ1) is 15.5. The quantitative estimate of drug-likeness (QED) is 0.398. The summed E-state index contributed by atoms with van der Waals surface area (Å²) in [6.45, 7) is 11.9. The summed E-state index contributed by atoms with van der Waals surface area (Å²) in [5.74, 6) is -0.650. The van der Waals surface area contributed by atoms with Gasteiger partial charge in [0.1, 0.15) is 24.5 Å². The number of hydrogen-bond acceptors (Lipinski definition) is 5. The van der Waals surface area contributed by atoms with E-state index in [0.29, 0.717) is 16.9 Å². The normalized spacial score (nSPS) is 11.8. The van der Waals surface area contributed by atoms with Gasteiger partial charge in [0.05, 0.1) is 0 Å². The lowest BCUT2D eigenvalue weighted by atomic mass is 9.80. The number of ether oxygens (including phenoxy) is 2. The van der Waals surface area contributed by atoms with Crippen LogP contribution in [0.4, 0.5) is 0 Å². The summed E-state index contributed by atoms with van der Waals surface area (Å²) in [6.07, 6.45) is 0. The zero-order valence-electron chi connectivity index (χ0n) is 20.2. The van der Waals surface area contributed by atoms with E-state index < -0.39 is 22.8 Å². The Morgan fingerprint density at radius 1 is 0.697 bits per heavy atom. The smallest absolute Gasteiger partial charge is 0.374 e. The molecule has 0 saturated carbocycles. The maximum Gasteiger partial charge on any atom is 0.374 e. The van der Waals surface area contributed by atoms with Crippen molar-refractivity contribution in [1.29, 1.82) is 0 Å². The van der Waals surface area contributed by atoms with Crippen LogP contribution >= 0.6 is 0 Å². The molecular formula is C28H32O5. The molecule has 0 fully saturated rings. The molecule has 0 aliphatic carbocycles. The Balaban J connectivity index is 1.98. The Labute approximate surface area is 195 Å². The molecule has 0 bridgehead atoms. The van der Waals surface area contributed by atoms with Crippen molar-refractivity contribution in [3.05, 3.63) is 94.4 Å². The highest BCUT2D eigenvalue weighted by atomic mass is 16.5. The van der Waals surface area contributed by atoms with Crippen molar-refractivity contribution in [2.45, 2.75) is 65.6 Å². The van der Waals surface area contributed by atoms with Crippen LogP contribution < -0.4 is 0 Å². The fraction of sp³-hybridized carbons (Fsp3) is 0.357. The summed E-state index contributed by atoms with van der Waals surface area (Å²) < 4.78 is 17.3. The molecule has 1 aromatic heterocycles. The van der Waals surface area contributed by atoms with E-state index in [1.807, 2.05) is 102 Å². The predicted molar refractivity (Wildman–Crippen MR) is 127 cm³/mol. The second-order valence-electron chi connectivity index (χ2n) is 10.1. The molecule has 0 saturated heterocycles. The second-order valence-corrected chi connectivity index (χ2v) is 10.1. The monoisotopic (exact) mass is 448 g/mol. The van der Waals surface area contributed by atoms with Crippen LogP contribution in [0.2, 0.25) is 0 Å². The van der Waals surface area contributed by atoms with E-state index in [-0.39, 0.29) is 19.0 Å². The van der Waals surface area contributed by atoms with E-state index in [2.05, 4.69) is 0 Å². The van der Waals surface area contributed by atoms with Crippen molar-refractivity contribution >= 4 is 11.9 Å². The maximum absolute atomic E-state index is 13.3. The average molecular weight is 449 g/mol. The molecule has 1 heterocycles. The Morgan fingerprint density at radius 3 is 1.58 bits per heavy atom. The molecule has 3 rings (SSSR count). The fourth-order valence-electron chi connectivity index (χ4n) is 3.60. The third-order valence-electron chi connectivity index (χ3n) is 5.15. The summed E-state index contributed by atoms with van der Waals surface area (Å²) in [5, 5.41) is 0. The van der Waals surface area contributed by atoms with Crippen LogP contribution in [-0.4, -0.2) is 11.9 Å². The molecule has 0 unspecified atom stereocenters. The molecule has 3 aromatic rings. The SMILES string of the molecule is CC(C)(C)c1oc(C(=O)OCc2ccccc2)c(C(C)(C)C)c1C(=O)OCc1ccccc1. The first-order valence-electron chi connectivity index (χ1n) is 11.1. The van der Waals surface area contributed by atoms with Crippen molar-refractivity contribution in [2.75, 3.05) is 0 Å². The van der Waals surface area contributed by atoms with Crippen molar-refractivity contribution in [3.63, 3.8) is 0 Å². The van der Waals surface area contributed by atoms with Crippen LogP contribution in [-0.2, 0) is 33.5 Å². The number of carbonyl (C=O) groups is 2. The zero-order valence-corrected chi connectivity index (χ0v) is 20.2. The van der Waals surface area contributed by atoms with E-state index in [1.54, 1.807) is 0 Å². The third kappa shape index (κ3) is 5.92. The molecule has 33 heavy (non-hydrogen) atoms. The molecule has 5 nitrogen and oxygen atoms in total. The first-order valence-corrected chi connectivity index (χ1v) is 11.1. The standard InChI is InChI=1S/C28H32O5/c1-27(2,3)22-21(25(29)31-17-19-13-9-7-10-14-19)24(28(4,5)6)33-23(22)26(30)32-18-20-15-11-8-12-16-20/h7-16H,17-18H2,1-6H3. The van der Waals surface area contributed by atoms with Gasteiger partial charge in [0.2, 0.25) is 5.76 Å². The van der Waals surface area contributed by atoms with Gasteiger partial charge in [-0.05, 0) is 16.5 Å². The van der Waals surface area contributed by atoms with Gasteiger partial charge in [-0.15, -0.1) is 0 Å². The molecular weight excluding hydrogens is 416 g/mol. The molecule has 0 radical (unpaired) electrons. The number of benzene rings is 2. The lowest BCUT2D eigenvalue weighted by Gasteiger charge is -2.21. The van der Waals surface area contributed by atoms with Gasteiger partial charge in [-0.2, -0.15) is 0 Å². The third-order valence-corrected chi connectivity index (χ3v) is 5.15. The molecule has 0 spiro atoms. The van der Waals surface area contributed by atoms with Gasteiger partial charge in [-0.1, -0.05) is 102 Å². The van der Waals surface area contributed by atoms with E-state index >= 15 is 0 Å². The van der Waals surface area contributed by atoms with Crippen LogP contribution in [0.25, 0.3) is 0 Å². The zero-order chi connectivity index (χ0) is 24.2. The van der Waals surface area contributed by atoms with Crippen molar-refractivity contribution in [2.24, 2.45) is 0 Å². The Bertz CT molecular complexity index is 1100. The van der Waals surface area contributed by atoms with E-state index in [1.165, 1.54) is 0 Å². The van der Waals surface area contributed by atoms with Crippen molar-refractivity contribution < 1.29 is 23.5 Å². The van der Waals surface area contributed by atoms with Gasteiger partial charge < -0.3 is 13.9 Å². The van der Waals surface area contributed by atoms with Crippen LogP contribution in [0, 0.1) is 0 Å². The highest BCUT2D eigenvalue weighted by Crippen LogP contribution is 2.39. The van der Waals surface area contributed by atoms with Crippen LogP contribution in [0.3, 0.4) is 0 Å². The van der Waals surface area contributed by atoms with E-state index in [9.17, 15) is 9.59 Å². The summed E-state index contributed by atoms with van der Waals surface area (Å²) in [7, 11) is 0. The summed E-state index contributed by atoms with van der Waals surface area (Å²) in [6, 6.07) is 18.9. The number of rotatable bonds is 6. The average Bonchev–Trinajstić information content (AvgIpc) is 3.19. The maximum atomic E-state index is 13.3. The number of esters is 2. The summed E-state index contributed by atoms with van der Waals surface area (Å²) >= 11 is 0. The molecule has 2 aromatic carbocycles. The van der Waals surface area contributed by atoms with Crippen molar-refractivity contribution in [3.8, 4) is 0 Å². The Morgan fingerprint density at radius 2 is 1.15 bits per heavy atom. The van der Waals surface area contributed by atoms with Gasteiger partial charge >= 0.3 is 11.9 Å². The van der Waals surface area contributed by atoms with Gasteiger partial charge in [0.15, 0.2) is 0 Å². The Kier molecular flexibility index (Phi) is 7.11. The largest absolute Gasteiger partial charge is 0.457 e. The minimum atomic E-state index is -0.601. The van der Waals surface area contributed by atoms with Crippen LogP contribution in [0.15, 0.2) is 65.1 Å².